The van der Waals surface area contributed by atoms with Gasteiger partial charge in [0.1, 0.15) is 11.3 Å². The molecule has 0 saturated heterocycles. The van der Waals surface area contributed by atoms with Gasteiger partial charge < -0.3 is 23.9 Å². The number of ether oxygens (including phenoxy) is 2. The molecule has 3 aromatic rings. The number of aryl methyl sites for hydroxylation is 1. The lowest BCUT2D eigenvalue weighted by Crippen LogP contribution is -2.31. The molecule has 0 bridgehead atoms. The molecule has 0 atom stereocenters. The van der Waals surface area contributed by atoms with Gasteiger partial charge in [-0.25, -0.2) is 0 Å². The highest BCUT2D eigenvalue weighted by molar-refractivity contribution is 5.93. The quantitative estimate of drug-likeness (QED) is 0.767. The molecule has 8 heteroatoms. The van der Waals surface area contributed by atoms with E-state index in [4.69, 9.17) is 14.0 Å². The number of carbonyl (C=O) groups excluding carboxylic acids is 1. The third kappa shape index (κ3) is 2.92. The van der Waals surface area contributed by atoms with Crippen molar-refractivity contribution in [2.75, 3.05) is 6.79 Å². The first-order valence-corrected chi connectivity index (χ1v) is 7.91. The average Bonchev–Trinajstić information content (AvgIpc) is 3.30. The van der Waals surface area contributed by atoms with Crippen molar-refractivity contribution in [1.29, 1.82) is 0 Å². The Hall–Kier alpha value is -3.55. The molecule has 132 valence electrons. The van der Waals surface area contributed by atoms with E-state index >= 15 is 0 Å². The van der Waals surface area contributed by atoms with Gasteiger partial charge in [0.2, 0.25) is 6.79 Å². The van der Waals surface area contributed by atoms with Crippen LogP contribution >= 0.6 is 0 Å². The Morgan fingerprint density at radius 3 is 2.96 bits per heavy atom. The Kier molecular flexibility index (Phi) is 3.92. The summed E-state index contributed by atoms with van der Waals surface area (Å²) in [6.45, 7) is 0.344. The number of benzene rings is 1. The smallest absolute Gasteiger partial charge is 0.263 e. The second kappa shape index (κ2) is 6.40. The number of hydrogen-bond acceptors (Lipinski definition) is 6. The molecule has 1 amide bonds. The van der Waals surface area contributed by atoms with Crippen LogP contribution in [0, 0.1) is 0 Å². The number of amides is 1. The Morgan fingerprint density at radius 2 is 2.08 bits per heavy atom. The summed E-state index contributed by atoms with van der Waals surface area (Å²) in [5, 5.41) is 6.62. The van der Waals surface area contributed by atoms with Crippen LogP contribution in [0.5, 0.6) is 11.5 Å². The summed E-state index contributed by atoms with van der Waals surface area (Å²) in [4.78, 5) is 24.1. The third-order valence-electron chi connectivity index (χ3n) is 4.01. The lowest BCUT2D eigenvalue weighted by Gasteiger charge is -2.03. The van der Waals surface area contributed by atoms with Crippen LogP contribution in [-0.2, 0) is 13.6 Å². The summed E-state index contributed by atoms with van der Waals surface area (Å²) >= 11 is 0. The van der Waals surface area contributed by atoms with E-state index in [1.54, 1.807) is 37.5 Å². The lowest BCUT2D eigenvalue weighted by atomic mass is 10.1. The van der Waals surface area contributed by atoms with Crippen molar-refractivity contribution in [3.63, 3.8) is 0 Å². The van der Waals surface area contributed by atoms with Crippen molar-refractivity contribution < 1.29 is 18.8 Å². The van der Waals surface area contributed by atoms with Crippen molar-refractivity contribution in [1.82, 2.24) is 15.0 Å². The maximum atomic E-state index is 12.2. The minimum Gasteiger partial charge on any atom is -0.454 e. The molecule has 0 unspecified atom stereocenters. The molecule has 0 aliphatic carbocycles. The zero-order valence-corrected chi connectivity index (χ0v) is 13.9. The van der Waals surface area contributed by atoms with Crippen LogP contribution in [0.25, 0.3) is 11.3 Å². The fourth-order valence-electron chi connectivity index (χ4n) is 2.62. The molecule has 2 aromatic heterocycles. The maximum Gasteiger partial charge on any atom is 0.263 e. The molecule has 1 aliphatic heterocycles. The highest BCUT2D eigenvalue weighted by Gasteiger charge is 2.16. The van der Waals surface area contributed by atoms with Crippen molar-refractivity contribution >= 4 is 5.91 Å². The Bertz CT molecular complexity index is 1040. The Balaban J connectivity index is 1.46. The molecule has 1 aromatic carbocycles. The number of aromatic nitrogens is 2. The first-order valence-electron chi connectivity index (χ1n) is 7.91. The summed E-state index contributed by atoms with van der Waals surface area (Å²) < 4.78 is 17.3. The predicted molar refractivity (Wildman–Crippen MR) is 90.9 cm³/mol. The van der Waals surface area contributed by atoms with Crippen LogP contribution in [0.3, 0.4) is 0 Å². The lowest BCUT2D eigenvalue weighted by molar-refractivity contribution is 0.0948. The van der Waals surface area contributed by atoms with E-state index in [9.17, 15) is 9.59 Å². The zero-order chi connectivity index (χ0) is 18.1. The van der Waals surface area contributed by atoms with Crippen LogP contribution in [0.15, 0.2) is 51.9 Å². The second-order valence-electron chi connectivity index (χ2n) is 5.77. The Labute approximate surface area is 147 Å². The van der Waals surface area contributed by atoms with Gasteiger partial charge >= 0.3 is 0 Å². The average molecular weight is 353 g/mol. The summed E-state index contributed by atoms with van der Waals surface area (Å²) in [6.07, 6.45) is 1.59. The minimum absolute atomic E-state index is 0.0782. The molecule has 3 heterocycles. The highest BCUT2D eigenvalue weighted by Crippen LogP contribution is 2.35. The number of rotatable bonds is 4. The fourth-order valence-corrected chi connectivity index (χ4v) is 2.62. The molecule has 8 nitrogen and oxygen atoms in total. The SMILES string of the molecule is Cn1cccc(C(=O)NCc2cc(-c3ccc4c(c3)OCO4)on2)c1=O. The van der Waals surface area contributed by atoms with Gasteiger partial charge in [0.05, 0.1) is 6.54 Å². The monoisotopic (exact) mass is 353 g/mol. The topological polar surface area (TPSA) is 95.6 Å². The molecular formula is C18H15N3O5. The molecule has 4 rings (SSSR count). The summed E-state index contributed by atoms with van der Waals surface area (Å²) in [5.74, 6) is 1.42. The van der Waals surface area contributed by atoms with Gasteiger partial charge in [-0.15, -0.1) is 0 Å². The van der Waals surface area contributed by atoms with Gasteiger partial charge in [0, 0.05) is 24.9 Å². The van der Waals surface area contributed by atoms with E-state index in [0.29, 0.717) is 23.0 Å². The Morgan fingerprint density at radius 1 is 1.23 bits per heavy atom. The van der Waals surface area contributed by atoms with Crippen LogP contribution in [0.1, 0.15) is 16.1 Å². The van der Waals surface area contributed by atoms with Gasteiger partial charge in [-0.2, -0.15) is 0 Å². The van der Waals surface area contributed by atoms with Gasteiger partial charge in [-0.1, -0.05) is 5.16 Å². The molecule has 0 radical (unpaired) electrons. The summed E-state index contributed by atoms with van der Waals surface area (Å²) in [7, 11) is 1.59. The van der Waals surface area contributed by atoms with Gasteiger partial charge in [-0.05, 0) is 30.3 Å². The molecular weight excluding hydrogens is 338 g/mol. The van der Waals surface area contributed by atoms with Gasteiger partial charge in [-0.3, -0.25) is 9.59 Å². The van der Waals surface area contributed by atoms with E-state index in [-0.39, 0.29) is 24.5 Å². The van der Waals surface area contributed by atoms with Gasteiger partial charge in [0.25, 0.3) is 11.5 Å². The van der Waals surface area contributed by atoms with Crippen molar-refractivity contribution in [2.24, 2.45) is 7.05 Å². The molecule has 1 N–H and O–H groups in total. The third-order valence-corrected chi connectivity index (χ3v) is 4.01. The number of fused-ring (bicyclic) bond motifs is 1. The minimum atomic E-state index is -0.459. The van der Waals surface area contributed by atoms with Crippen LogP contribution < -0.4 is 20.3 Å². The maximum absolute atomic E-state index is 12.2. The molecule has 0 fully saturated rings. The highest BCUT2D eigenvalue weighted by atomic mass is 16.7. The predicted octanol–water partition coefficient (Wildman–Crippen LogP) is 1.70. The second-order valence-corrected chi connectivity index (χ2v) is 5.77. The van der Waals surface area contributed by atoms with Crippen LogP contribution in [-0.4, -0.2) is 22.4 Å². The van der Waals surface area contributed by atoms with E-state index in [1.807, 2.05) is 6.07 Å². The molecule has 26 heavy (non-hydrogen) atoms. The number of nitrogens with zero attached hydrogens (tertiary/aromatic N) is 2. The van der Waals surface area contributed by atoms with Crippen molar-refractivity contribution in [3.8, 4) is 22.8 Å². The molecule has 1 aliphatic rings. The summed E-state index contributed by atoms with van der Waals surface area (Å²) in [6, 6.07) is 10.3. The van der Waals surface area contributed by atoms with Crippen LogP contribution in [0.4, 0.5) is 0 Å². The van der Waals surface area contributed by atoms with E-state index in [0.717, 1.165) is 5.56 Å². The largest absolute Gasteiger partial charge is 0.454 e. The normalized spacial score (nSPS) is 12.2. The standard InChI is InChI=1S/C18H15N3O5/c1-21-6-2-3-13(18(21)23)17(22)19-9-12-8-15(26-20-12)11-4-5-14-16(7-11)25-10-24-14/h2-8H,9-10H2,1H3,(H,19,22). The first kappa shape index (κ1) is 15.9. The molecule has 0 saturated carbocycles. The number of carbonyl (C=O) groups is 1. The fraction of sp³-hybridized carbons (Fsp3) is 0.167. The van der Waals surface area contributed by atoms with Crippen molar-refractivity contribution in [2.45, 2.75) is 6.54 Å². The number of nitrogens with one attached hydrogen (secondary N) is 1. The van der Waals surface area contributed by atoms with Crippen LogP contribution in [0.2, 0.25) is 0 Å². The van der Waals surface area contributed by atoms with E-state index in [1.165, 1.54) is 10.6 Å². The number of pyridine rings is 1. The first-order chi connectivity index (χ1) is 12.6. The van der Waals surface area contributed by atoms with Crippen molar-refractivity contribution in [3.05, 3.63) is 64.2 Å². The van der Waals surface area contributed by atoms with Gasteiger partial charge in [0.15, 0.2) is 17.3 Å². The number of hydrogen-bond donors (Lipinski definition) is 1. The zero-order valence-electron chi connectivity index (χ0n) is 13.9. The van der Waals surface area contributed by atoms with E-state index in [2.05, 4.69) is 10.5 Å². The summed E-state index contributed by atoms with van der Waals surface area (Å²) in [5.41, 5.74) is 1.05. The van der Waals surface area contributed by atoms with E-state index < -0.39 is 5.91 Å². The molecule has 0 spiro atoms.